The number of carbonyl (C=O) groups excluding carboxylic acids is 1. The standard InChI is InChI=1S/C19H26N2O2/c1-5-16-17(15-12-13(2)6-7-14(15)3)18(22)20-19(16)8-10-21(23-4)11-9-19/h6-7,12H,5,8-11H2,1-4H3,(H,20,22). The van der Waals surface area contributed by atoms with Crippen molar-refractivity contribution in [1.29, 1.82) is 0 Å². The van der Waals surface area contributed by atoms with Crippen molar-refractivity contribution >= 4 is 11.5 Å². The first-order valence-electron chi connectivity index (χ1n) is 8.43. The zero-order valence-electron chi connectivity index (χ0n) is 14.5. The lowest BCUT2D eigenvalue weighted by Crippen LogP contribution is -2.52. The maximum absolute atomic E-state index is 12.8. The molecule has 2 aliphatic rings. The molecule has 1 aromatic rings. The molecule has 3 rings (SSSR count). The number of piperidine rings is 1. The number of hydrogen-bond acceptors (Lipinski definition) is 3. The summed E-state index contributed by atoms with van der Waals surface area (Å²) in [7, 11) is 1.71. The van der Waals surface area contributed by atoms with E-state index in [0.29, 0.717) is 0 Å². The Bertz CT molecular complexity index is 655. The molecule has 4 heteroatoms. The Labute approximate surface area is 138 Å². The Kier molecular flexibility index (Phi) is 4.30. The normalized spacial score (nSPS) is 21.1. The summed E-state index contributed by atoms with van der Waals surface area (Å²) in [6, 6.07) is 6.35. The smallest absolute Gasteiger partial charge is 0.252 e. The Balaban J connectivity index is 2.05. The molecular formula is C19H26N2O2. The van der Waals surface area contributed by atoms with Crippen molar-refractivity contribution in [3.8, 4) is 0 Å². The lowest BCUT2D eigenvalue weighted by atomic mass is 9.79. The molecule has 0 bridgehead atoms. The average molecular weight is 314 g/mol. The topological polar surface area (TPSA) is 41.6 Å². The van der Waals surface area contributed by atoms with Gasteiger partial charge < -0.3 is 10.2 Å². The SMILES string of the molecule is CCC1=C(c2cc(C)ccc2C)C(=O)NC12CCN(OC)CC2. The molecule has 0 aromatic heterocycles. The molecule has 1 amide bonds. The van der Waals surface area contributed by atoms with Crippen LogP contribution in [0.5, 0.6) is 0 Å². The first-order chi connectivity index (χ1) is 11.0. The zero-order valence-corrected chi connectivity index (χ0v) is 14.5. The van der Waals surface area contributed by atoms with E-state index >= 15 is 0 Å². The van der Waals surface area contributed by atoms with Gasteiger partial charge in [-0.05, 0) is 49.8 Å². The van der Waals surface area contributed by atoms with Gasteiger partial charge in [0, 0.05) is 18.7 Å². The van der Waals surface area contributed by atoms with Gasteiger partial charge in [-0.3, -0.25) is 4.79 Å². The minimum Gasteiger partial charge on any atom is -0.343 e. The van der Waals surface area contributed by atoms with Crippen LogP contribution in [0.3, 0.4) is 0 Å². The van der Waals surface area contributed by atoms with Gasteiger partial charge in [-0.2, -0.15) is 5.06 Å². The summed E-state index contributed by atoms with van der Waals surface area (Å²) >= 11 is 0. The maximum atomic E-state index is 12.8. The van der Waals surface area contributed by atoms with Crippen molar-refractivity contribution in [3.05, 3.63) is 40.5 Å². The summed E-state index contributed by atoms with van der Waals surface area (Å²) in [6.45, 7) is 8.02. The Hall–Kier alpha value is -1.65. The molecule has 1 aromatic carbocycles. The predicted octanol–water partition coefficient (Wildman–Crippen LogP) is 2.99. The average Bonchev–Trinajstić information content (AvgIpc) is 2.81. The number of hydroxylamine groups is 2. The molecule has 4 nitrogen and oxygen atoms in total. The molecule has 0 radical (unpaired) electrons. The minimum absolute atomic E-state index is 0.0846. The van der Waals surface area contributed by atoms with Crippen LogP contribution < -0.4 is 5.32 Å². The number of aryl methyl sites for hydroxylation is 2. The van der Waals surface area contributed by atoms with E-state index in [-0.39, 0.29) is 11.4 Å². The molecule has 1 spiro atoms. The Morgan fingerprint density at radius 3 is 2.57 bits per heavy atom. The highest BCUT2D eigenvalue weighted by atomic mass is 16.7. The third-order valence-electron chi connectivity index (χ3n) is 5.31. The van der Waals surface area contributed by atoms with E-state index < -0.39 is 0 Å². The van der Waals surface area contributed by atoms with E-state index in [1.165, 1.54) is 11.1 Å². The molecule has 1 fully saturated rings. The van der Waals surface area contributed by atoms with Crippen LogP contribution in [-0.4, -0.2) is 36.7 Å². The molecular weight excluding hydrogens is 288 g/mol. The third kappa shape index (κ3) is 2.70. The van der Waals surface area contributed by atoms with Crippen LogP contribution in [0.4, 0.5) is 0 Å². The van der Waals surface area contributed by atoms with Crippen LogP contribution in [-0.2, 0) is 9.63 Å². The number of hydrogen-bond donors (Lipinski definition) is 1. The van der Waals surface area contributed by atoms with Crippen LogP contribution >= 0.6 is 0 Å². The molecule has 124 valence electrons. The molecule has 2 aliphatic heterocycles. The first kappa shape index (κ1) is 16.2. The third-order valence-corrected chi connectivity index (χ3v) is 5.31. The van der Waals surface area contributed by atoms with Crippen molar-refractivity contribution in [2.75, 3.05) is 20.2 Å². The molecule has 1 saturated heterocycles. The van der Waals surface area contributed by atoms with Crippen LogP contribution in [0.15, 0.2) is 23.8 Å². The fraction of sp³-hybridized carbons (Fsp3) is 0.526. The Morgan fingerprint density at radius 1 is 1.26 bits per heavy atom. The van der Waals surface area contributed by atoms with Gasteiger partial charge in [0.05, 0.1) is 12.6 Å². The summed E-state index contributed by atoms with van der Waals surface area (Å²) in [6.07, 6.45) is 2.71. The lowest BCUT2D eigenvalue weighted by Gasteiger charge is -2.40. The molecule has 2 heterocycles. The summed E-state index contributed by atoms with van der Waals surface area (Å²) in [4.78, 5) is 18.2. The summed E-state index contributed by atoms with van der Waals surface area (Å²) < 4.78 is 0. The van der Waals surface area contributed by atoms with Gasteiger partial charge in [0.2, 0.25) is 0 Å². The predicted molar refractivity (Wildman–Crippen MR) is 91.8 cm³/mol. The van der Waals surface area contributed by atoms with Crippen LogP contribution in [0, 0.1) is 13.8 Å². The van der Waals surface area contributed by atoms with Crippen LogP contribution in [0.25, 0.3) is 5.57 Å². The summed E-state index contributed by atoms with van der Waals surface area (Å²) in [5, 5.41) is 5.29. The number of amides is 1. The fourth-order valence-electron chi connectivity index (χ4n) is 4.01. The van der Waals surface area contributed by atoms with Crippen molar-refractivity contribution in [2.45, 2.75) is 45.6 Å². The second-order valence-corrected chi connectivity index (χ2v) is 6.67. The maximum Gasteiger partial charge on any atom is 0.252 e. The number of benzene rings is 1. The summed E-state index contributed by atoms with van der Waals surface area (Å²) in [5.41, 5.74) is 5.43. The van der Waals surface area contributed by atoms with Crippen LogP contribution in [0.2, 0.25) is 0 Å². The van der Waals surface area contributed by atoms with Gasteiger partial charge >= 0.3 is 0 Å². The van der Waals surface area contributed by atoms with Gasteiger partial charge in [0.15, 0.2) is 0 Å². The van der Waals surface area contributed by atoms with Gasteiger partial charge in [0.1, 0.15) is 0 Å². The van der Waals surface area contributed by atoms with Gasteiger partial charge in [-0.25, -0.2) is 0 Å². The van der Waals surface area contributed by atoms with Crippen molar-refractivity contribution < 1.29 is 9.63 Å². The highest BCUT2D eigenvalue weighted by Crippen LogP contribution is 2.42. The second-order valence-electron chi connectivity index (χ2n) is 6.67. The monoisotopic (exact) mass is 314 g/mol. The highest BCUT2D eigenvalue weighted by Gasteiger charge is 2.46. The fourth-order valence-corrected chi connectivity index (χ4v) is 4.01. The largest absolute Gasteiger partial charge is 0.343 e. The minimum atomic E-state index is -0.188. The van der Waals surface area contributed by atoms with Gasteiger partial charge in [-0.15, -0.1) is 0 Å². The number of rotatable bonds is 3. The molecule has 0 aliphatic carbocycles. The van der Waals surface area contributed by atoms with E-state index in [4.69, 9.17) is 4.84 Å². The molecule has 23 heavy (non-hydrogen) atoms. The van der Waals surface area contributed by atoms with Crippen molar-refractivity contribution in [2.24, 2.45) is 0 Å². The molecule has 0 saturated carbocycles. The Morgan fingerprint density at radius 2 is 1.96 bits per heavy atom. The van der Waals surface area contributed by atoms with Crippen LogP contribution in [0.1, 0.15) is 42.9 Å². The molecule has 0 unspecified atom stereocenters. The second kappa shape index (κ2) is 6.10. The van der Waals surface area contributed by atoms with E-state index in [1.54, 1.807) is 7.11 Å². The zero-order chi connectivity index (χ0) is 16.6. The summed E-state index contributed by atoms with van der Waals surface area (Å²) in [5.74, 6) is 0.0846. The van der Waals surface area contributed by atoms with E-state index in [1.807, 2.05) is 5.06 Å². The van der Waals surface area contributed by atoms with Crippen molar-refractivity contribution in [1.82, 2.24) is 10.4 Å². The van der Waals surface area contributed by atoms with Gasteiger partial charge in [-0.1, -0.05) is 30.7 Å². The van der Waals surface area contributed by atoms with Gasteiger partial charge in [0.25, 0.3) is 5.91 Å². The lowest BCUT2D eigenvalue weighted by molar-refractivity contribution is -0.150. The first-order valence-corrected chi connectivity index (χ1v) is 8.43. The quantitative estimate of drug-likeness (QED) is 0.932. The van der Waals surface area contributed by atoms with E-state index in [9.17, 15) is 4.79 Å². The number of nitrogens with one attached hydrogen (secondary N) is 1. The van der Waals surface area contributed by atoms with E-state index in [0.717, 1.165) is 49.1 Å². The van der Waals surface area contributed by atoms with Crippen molar-refractivity contribution in [3.63, 3.8) is 0 Å². The number of nitrogens with zero attached hydrogens (tertiary/aromatic N) is 1. The van der Waals surface area contributed by atoms with E-state index in [2.05, 4.69) is 44.3 Å². The molecule has 1 N–H and O–H groups in total. The highest BCUT2D eigenvalue weighted by molar-refractivity contribution is 6.24. The molecule has 0 atom stereocenters. The number of carbonyl (C=O) groups is 1.